The van der Waals surface area contributed by atoms with Crippen molar-refractivity contribution >= 4 is 29.2 Å². The predicted molar refractivity (Wildman–Crippen MR) is 210 cm³/mol. The molecule has 0 radical (unpaired) electrons. The molecule has 0 aliphatic carbocycles. The first kappa shape index (κ1) is 38.8. The summed E-state index contributed by atoms with van der Waals surface area (Å²) in [5.74, 6) is 1.12. The maximum Gasteiger partial charge on any atom is 0.405 e. The van der Waals surface area contributed by atoms with E-state index in [2.05, 4.69) is 67.0 Å². The van der Waals surface area contributed by atoms with Crippen LogP contribution in [0.1, 0.15) is 62.0 Å². The summed E-state index contributed by atoms with van der Waals surface area (Å²) in [5.41, 5.74) is 8.11. The molecule has 15 nitrogen and oxygen atoms in total. The van der Waals surface area contributed by atoms with Crippen molar-refractivity contribution < 1.29 is 29.0 Å². The Hall–Kier alpha value is -5.42. The summed E-state index contributed by atoms with van der Waals surface area (Å²) in [6.45, 7) is 3.29. The fraction of sp³-hybridized carbons (Fsp3) is 0.400. The van der Waals surface area contributed by atoms with Crippen LogP contribution in [0.5, 0.6) is 0 Å². The Balaban J connectivity index is 0.996. The summed E-state index contributed by atoms with van der Waals surface area (Å²) < 4.78 is 10.7. The molecule has 2 aromatic carbocycles. The first-order chi connectivity index (χ1) is 27.2. The van der Waals surface area contributed by atoms with Crippen LogP contribution in [0.25, 0.3) is 33.6 Å². The first-order valence-electron chi connectivity index (χ1n) is 18.8. The molecule has 0 spiro atoms. The number of thiazole rings is 1. The SMILES string of the molecule is COCN[C@H](C(=O)N1CCCC1c1ncc(-c2ccc(-c3ccc(-c4cnc([C@@H]5CCCN5C(=O)[C@H](Cc5cscn5)NC(=O)O)[nH]4)cc3)cc2)[nH]1)[C@@H](C)OC. The van der Waals surface area contributed by atoms with Gasteiger partial charge in [0.1, 0.15) is 23.7 Å². The van der Waals surface area contributed by atoms with Crippen LogP contribution >= 0.6 is 11.3 Å². The van der Waals surface area contributed by atoms with Gasteiger partial charge in [-0.3, -0.25) is 14.9 Å². The number of ether oxygens (including phenoxy) is 2. The predicted octanol–water partition coefficient (Wildman–Crippen LogP) is 5.39. The summed E-state index contributed by atoms with van der Waals surface area (Å²) in [5, 5.41) is 16.8. The molecule has 5 N–H and O–H groups in total. The average Bonchev–Trinajstić information content (AvgIpc) is 4.07. The van der Waals surface area contributed by atoms with Gasteiger partial charge in [0.05, 0.1) is 59.9 Å². The summed E-state index contributed by atoms with van der Waals surface area (Å²) in [6.07, 6.45) is 5.45. The monoisotopic (exact) mass is 781 g/mol. The molecule has 2 fully saturated rings. The summed E-state index contributed by atoms with van der Waals surface area (Å²) >= 11 is 1.40. The Morgan fingerprint density at radius 2 is 1.38 bits per heavy atom. The van der Waals surface area contributed by atoms with Gasteiger partial charge in [-0.15, -0.1) is 11.3 Å². The number of hydrogen-bond donors (Lipinski definition) is 5. The molecule has 5 heterocycles. The Morgan fingerprint density at radius 3 is 1.86 bits per heavy atom. The molecular weight excluding hydrogens is 735 g/mol. The van der Waals surface area contributed by atoms with E-state index >= 15 is 0 Å². The maximum absolute atomic E-state index is 13.6. The van der Waals surface area contributed by atoms with E-state index in [0.717, 1.165) is 65.1 Å². The highest BCUT2D eigenvalue weighted by atomic mass is 32.1. The lowest BCUT2D eigenvalue weighted by Crippen LogP contribution is -2.52. The minimum absolute atomic E-state index is 0.0309. The van der Waals surface area contributed by atoms with E-state index in [1.807, 2.05) is 35.5 Å². The number of hydrogen-bond acceptors (Lipinski definition) is 10. The van der Waals surface area contributed by atoms with Crippen LogP contribution in [0.2, 0.25) is 0 Å². The third-order valence-corrected chi connectivity index (χ3v) is 11.3. The Labute approximate surface area is 328 Å². The summed E-state index contributed by atoms with van der Waals surface area (Å²) in [7, 11) is 3.18. The molecule has 16 heteroatoms. The Kier molecular flexibility index (Phi) is 12.2. The number of carbonyl (C=O) groups excluding carboxylic acids is 2. The van der Waals surface area contributed by atoms with E-state index in [-0.39, 0.29) is 43.2 Å². The van der Waals surface area contributed by atoms with Gasteiger partial charge in [-0.1, -0.05) is 48.5 Å². The molecule has 7 rings (SSSR count). The maximum atomic E-state index is 13.6. The highest BCUT2D eigenvalue weighted by Gasteiger charge is 2.38. The van der Waals surface area contributed by atoms with Gasteiger partial charge in [-0.25, -0.2) is 19.7 Å². The van der Waals surface area contributed by atoms with Crippen LogP contribution in [0, 0.1) is 0 Å². The van der Waals surface area contributed by atoms with E-state index in [4.69, 9.17) is 14.5 Å². The molecular formula is C40H47N9O6S. The molecule has 0 saturated carbocycles. The van der Waals surface area contributed by atoms with Crippen LogP contribution in [0.15, 0.2) is 71.8 Å². The quantitative estimate of drug-likeness (QED) is 0.0861. The van der Waals surface area contributed by atoms with Gasteiger partial charge in [0.15, 0.2) is 0 Å². The standard InChI is InChI=1S/C40H47N9O6S/c1-24(55-3)35(43-22-54-2)39(51)49-17-5-7-34(49)37-42-20-32(46-37)28-14-10-26(11-15-28)25-8-12-27(13-9-25)31-19-41-36(45-31)33-6-4-16-48(33)38(50)30(47-40(52)53)18-29-21-56-23-44-29/h8-15,19-21,23-24,30,33-35,43,47H,4-7,16-18,22H2,1-3H3,(H,41,45)(H,42,46)(H,52,53)/t24-,30+,33+,34?,35+/m1/s1. The van der Waals surface area contributed by atoms with E-state index < -0.39 is 18.2 Å². The molecule has 5 aromatic rings. The zero-order chi connectivity index (χ0) is 39.2. The van der Waals surface area contributed by atoms with Crippen LogP contribution in [-0.4, -0.2) is 110 Å². The van der Waals surface area contributed by atoms with Crippen molar-refractivity contribution in [1.82, 2.24) is 45.4 Å². The number of nitrogens with zero attached hydrogens (tertiary/aromatic N) is 5. The molecule has 1 unspecified atom stereocenters. The van der Waals surface area contributed by atoms with Crippen molar-refractivity contribution in [2.75, 3.05) is 34.0 Å². The number of likely N-dealkylation sites (tertiary alicyclic amines) is 2. The molecule has 0 bridgehead atoms. The lowest BCUT2D eigenvalue weighted by molar-refractivity contribution is -0.138. The van der Waals surface area contributed by atoms with E-state index in [0.29, 0.717) is 24.6 Å². The normalized spacial score (nSPS) is 18.6. The van der Waals surface area contributed by atoms with Crippen molar-refractivity contribution in [3.8, 4) is 33.6 Å². The molecule has 2 saturated heterocycles. The molecule has 294 valence electrons. The third-order valence-electron chi connectivity index (χ3n) is 10.7. The third kappa shape index (κ3) is 8.53. The fourth-order valence-electron chi connectivity index (χ4n) is 7.66. The highest BCUT2D eigenvalue weighted by Crippen LogP contribution is 2.35. The Bertz CT molecular complexity index is 2080. The van der Waals surface area contributed by atoms with E-state index in [9.17, 15) is 19.5 Å². The van der Waals surface area contributed by atoms with Gasteiger partial charge in [-0.2, -0.15) is 0 Å². The first-order valence-corrected chi connectivity index (χ1v) is 19.7. The number of imidazole rings is 2. The zero-order valence-electron chi connectivity index (χ0n) is 31.6. The van der Waals surface area contributed by atoms with Crippen molar-refractivity contribution in [1.29, 1.82) is 0 Å². The molecule has 2 aliphatic rings. The van der Waals surface area contributed by atoms with Crippen molar-refractivity contribution in [2.45, 2.75) is 69.3 Å². The van der Waals surface area contributed by atoms with Gasteiger partial charge < -0.3 is 39.7 Å². The number of carbonyl (C=O) groups is 3. The lowest BCUT2D eigenvalue weighted by Gasteiger charge is -2.30. The van der Waals surface area contributed by atoms with Crippen molar-refractivity contribution in [3.63, 3.8) is 0 Å². The van der Waals surface area contributed by atoms with E-state index in [1.165, 1.54) is 11.3 Å². The number of carboxylic acid groups (broad SMARTS) is 1. The largest absolute Gasteiger partial charge is 0.465 e. The minimum atomic E-state index is -1.25. The molecule has 3 amide bonds. The van der Waals surface area contributed by atoms with Gasteiger partial charge in [-0.05, 0) is 54.9 Å². The van der Waals surface area contributed by atoms with Crippen LogP contribution in [0.4, 0.5) is 4.79 Å². The number of H-pyrrole nitrogens is 2. The summed E-state index contributed by atoms with van der Waals surface area (Å²) in [6, 6.07) is 14.6. The molecule has 3 aromatic heterocycles. The average molecular weight is 782 g/mol. The minimum Gasteiger partial charge on any atom is -0.465 e. The van der Waals surface area contributed by atoms with Gasteiger partial charge in [0.25, 0.3) is 0 Å². The number of methoxy groups -OCH3 is 2. The number of benzene rings is 2. The molecule has 56 heavy (non-hydrogen) atoms. The van der Waals surface area contributed by atoms with Crippen molar-refractivity contribution in [2.24, 2.45) is 0 Å². The lowest BCUT2D eigenvalue weighted by atomic mass is 10.0. The van der Waals surface area contributed by atoms with Crippen LogP contribution in [0.3, 0.4) is 0 Å². The van der Waals surface area contributed by atoms with Gasteiger partial charge >= 0.3 is 6.09 Å². The Morgan fingerprint density at radius 1 is 0.839 bits per heavy atom. The fourth-order valence-corrected chi connectivity index (χ4v) is 8.23. The van der Waals surface area contributed by atoms with Crippen LogP contribution in [-0.2, 0) is 25.5 Å². The van der Waals surface area contributed by atoms with Gasteiger partial charge in [0, 0.05) is 39.1 Å². The number of aromatic amines is 2. The zero-order valence-corrected chi connectivity index (χ0v) is 32.4. The molecule has 2 aliphatic heterocycles. The number of aromatic nitrogens is 5. The number of amides is 3. The number of rotatable bonds is 15. The molecule has 5 atom stereocenters. The smallest absolute Gasteiger partial charge is 0.405 e. The van der Waals surface area contributed by atoms with Gasteiger partial charge in [0.2, 0.25) is 11.8 Å². The topological polar surface area (TPSA) is 191 Å². The summed E-state index contributed by atoms with van der Waals surface area (Å²) in [4.78, 5) is 62.9. The second-order valence-corrected chi connectivity index (χ2v) is 14.9. The number of nitrogens with one attached hydrogen (secondary N) is 4. The van der Waals surface area contributed by atoms with Crippen LogP contribution < -0.4 is 10.6 Å². The second kappa shape index (κ2) is 17.6. The van der Waals surface area contributed by atoms with Crippen molar-refractivity contribution in [3.05, 3.63) is 89.2 Å². The highest BCUT2D eigenvalue weighted by molar-refractivity contribution is 7.07. The van der Waals surface area contributed by atoms with E-state index in [1.54, 1.807) is 30.8 Å². The second-order valence-electron chi connectivity index (χ2n) is 14.1.